The summed E-state index contributed by atoms with van der Waals surface area (Å²) in [5.41, 5.74) is 2.96. The van der Waals surface area contributed by atoms with E-state index in [1.165, 1.54) is 0 Å². The molecule has 0 saturated heterocycles. The van der Waals surface area contributed by atoms with Gasteiger partial charge in [0.25, 0.3) is 0 Å². The van der Waals surface area contributed by atoms with E-state index in [1.807, 2.05) is 6.07 Å². The zero-order valence-electron chi connectivity index (χ0n) is 10.7. The topological polar surface area (TPSA) is 27.0 Å². The van der Waals surface area contributed by atoms with Gasteiger partial charge in [0.1, 0.15) is 6.07 Å². The highest BCUT2D eigenvalue weighted by Gasteiger charge is 2.14. The van der Waals surface area contributed by atoms with Crippen LogP contribution in [0.15, 0.2) is 18.2 Å². The van der Waals surface area contributed by atoms with Crippen molar-refractivity contribution in [2.24, 2.45) is 0 Å². The first kappa shape index (κ1) is 14.1. The van der Waals surface area contributed by atoms with Crippen molar-refractivity contribution in [3.63, 3.8) is 0 Å². The van der Waals surface area contributed by atoms with Crippen molar-refractivity contribution in [2.75, 3.05) is 11.4 Å². The van der Waals surface area contributed by atoms with Crippen molar-refractivity contribution in [1.29, 1.82) is 5.26 Å². The highest BCUT2D eigenvalue weighted by Crippen LogP contribution is 2.25. The zero-order chi connectivity index (χ0) is 12.8. The lowest BCUT2D eigenvalue weighted by molar-refractivity contribution is 0.629. The van der Waals surface area contributed by atoms with Gasteiger partial charge in [-0.1, -0.05) is 28.9 Å². The van der Waals surface area contributed by atoms with Crippen LogP contribution in [-0.2, 0) is 5.33 Å². The normalized spacial score (nSPS) is 11.9. The molecule has 1 atom stereocenters. The van der Waals surface area contributed by atoms with Crippen molar-refractivity contribution in [3.05, 3.63) is 29.3 Å². The molecule has 3 heteroatoms. The smallest absolute Gasteiger partial charge is 0.101 e. The Kier molecular flexibility index (Phi) is 5.50. The van der Waals surface area contributed by atoms with Crippen molar-refractivity contribution >= 4 is 21.6 Å². The van der Waals surface area contributed by atoms with E-state index in [1.54, 1.807) is 0 Å². The van der Waals surface area contributed by atoms with Gasteiger partial charge in [-0.15, -0.1) is 0 Å². The van der Waals surface area contributed by atoms with E-state index < -0.39 is 0 Å². The van der Waals surface area contributed by atoms with Gasteiger partial charge in [-0.2, -0.15) is 5.26 Å². The van der Waals surface area contributed by atoms with Crippen LogP contribution in [0.3, 0.4) is 0 Å². The highest BCUT2D eigenvalue weighted by atomic mass is 79.9. The predicted molar refractivity (Wildman–Crippen MR) is 76.6 cm³/mol. The predicted octanol–water partition coefficient (Wildman–Crippen LogP) is 4.08. The summed E-state index contributed by atoms with van der Waals surface area (Å²) in [5.74, 6) is 0. The molecule has 0 fully saturated rings. The molecular formula is C14H19BrN2. The van der Waals surface area contributed by atoms with E-state index in [4.69, 9.17) is 0 Å². The molecule has 0 aliphatic heterocycles. The molecule has 0 aromatic heterocycles. The molecular weight excluding hydrogens is 276 g/mol. The summed E-state index contributed by atoms with van der Waals surface area (Å²) in [7, 11) is 0. The highest BCUT2D eigenvalue weighted by molar-refractivity contribution is 9.08. The zero-order valence-corrected chi connectivity index (χ0v) is 12.3. The lowest BCUT2D eigenvalue weighted by Crippen LogP contribution is -2.32. The van der Waals surface area contributed by atoms with Crippen LogP contribution < -0.4 is 4.90 Å². The molecule has 0 N–H and O–H groups in total. The molecule has 1 unspecified atom stereocenters. The molecule has 0 radical (unpaired) electrons. The van der Waals surface area contributed by atoms with Gasteiger partial charge in [-0.05, 0) is 38.0 Å². The van der Waals surface area contributed by atoms with Crippen LogP contribution in [0.2, 0.25) is 0 Å². The fourth-order valence-corrected chi connectivity index (χ4v) is 2.29. The number of halogens is 1. The Morgan fingerprint density at radius 1 is 1.41 bits per heavy atom. The summed E-state index contributed by atoms with van der Waals surface area (Å²) in [4.78, 5) is 2.29. The Hall–Kier alpha value is -1.01. The summed E-state index contributed by atoms with van der Waals surface area (Å²) >= 11 is 3.42. The maximum absolute atomic E-state index is 9.25. The molecule has 0 amide bonds. The molecule has 0 spiro atoms. The van der Waals surface area contributed by atoms with Crippen molar-refractivity contribution in [2.45, 2.75) is 38.6 Å². The third-order valence-electron chi connectivity index (χ3n) is 3.11. The number of hydrogen-bond acceptors (Lipinski definition) is 2. The van der Waals surface area contributed by atoms with Crippen LogP contribution in [0.4, 0.5) is 5.69 Å². The van der Waals surface area contributed by atoms with Gasteiger partial charge in [0, 0.05) is 17.9 Å². The largest absolute Gasteiger partial charge is 0.368 e. The standard InChI is InChI=1S/C14H19BrN2/c1-4-11(3)17(5-2)14-7-6-12(9-15)8-13(14)10-16/h6-8,11H,4-5,9H2,1-3H3. The number of nitriles is 1. The molecule has 1 aromatic rings. The molecule has 0 aliphatic rings. The van der Waals surface area contributed by atoms with Gasteiger partial charge in [-0.25, -0.2) is 0 Å². The minimum absolute atomic E-state index is 0.460. The minimum atomic E-state index is 0.460. The second-order valence-corrected chi connectivity index (χ2v) is 4.70. The Morgan fingerprint density at radius 3 is 2.59 bits per heavy atom. The van der Waals surface area contributed by atoms with Gasteiger partial charge < -0.3 is 4.90 Å². The van der Waals surface area contributed by atoms with Crippen LogP contribution >= 0.6 is 15.9 Å². The second kappa shape index (κ2) is 6.66. The average Bonchev–Trinajstić information content (AvgIpc) is 2.39. The maximum Gasteiger partial charge on any atom is 0.101 e. The van der Waals surface area contributed by atoms with E-state index in [9.17, 15) is 5.26 Å². The summed E-state index contributed by atoms with van der Waals surface area (Å²) in [5, 5.41) is 10.0. The fourth-order valence-electron chi connectivity index (χ4n) is 1.95. The Balaban J connectivity index is 3.16. The summed E-state index contributed by atoms with van der Waals surface area (Å²) < 4.78 is 0. The third-order valence-corrected chi connectivity index (χ3v) is 3.76. The van der Waals surface area contributed by atoms with E-state index in [0.29, 0.717) is 6.04 Å². The number of hydrogen-bond donors (Lipinski definition) is 0. The lowest BCUT2D eigenvalue weighted by Gasteiger charge is -2.30. The summed E-state index contributed by atoms with van der Waals surface area (Å²) in [6, 6.07) is 8.87. The second-order valence-electron chi connectivity index (χ2n) is 4.14. The lowest BCUT2D eigenvalue weighted by atomic mass is 10.1. The van der Waals surface area contributed by atoms with Crippen LogP contribution in [0.25, 0.3) is 0 Å². The average molecular weight is 295 g/mol. The van der Waals surface area contributed by atoms with E-state index in [2.05, 4.69) is 59.8 Å². The molecule has 1 rings (SSSR count). The van der Waals surface area contributed by atoms with Crippen LogP contribution in [0.5, 0.6) is 0 Å². The fraction of sp³-hybridized carbons (Fsp3) is 0.500. The molecule has 1 aromatic carbocycles. The number of benzene rings is 1. The molecule has 2 nitrogen and oxygen atoms in total. The van der Waals surface area contributed by atoms with Crippen molar-refractivity contribution in [3.8, 4) is 6.07 Å². The first-order valence-electron chi connectivity index (χ1n) is 6.03. The van der Waals surface area contributed by atoms with E-state index in [-0.39, 0.29) is 0 Å². The summed E-state index contributed by atoms with van der Waals surface area (Å²) in [6.45, 7) is 7.43. The molecule has 0 aliphatic carbocycles. The van der Waals surface area contributed by atoms with Gasteiger partial charge >= 0.3 is 0 Å². The number of alkyl halides is 1. The Bertz CT molecular complexity index is 409. The van der Waals surface area contributed by atoms with Gasteiger partial charge in [-0.3, -0.25) is 0 Å². The Morgan fingerprint density at radius 2 is 2.12 bits per heavy atom. The quantitative estimate of drug-likeness (QED) is 0.765. The molecule has 0 bridgehead atoms. The van der Waals surface area contributed by atoms with Crippen molar-refractivity contribution < 1.29 is 0 Å². The SMILES string of the molecule is CCC(C)N(CC)c1ccc(CBr)cc1C#N. The van der Waals surface area contributed by atoms with E-state index >= 15 is 0 Å². The Labute approximate surface area is 112 Å². The first-order chi connectivity index (χ1) is 8.17. The molecule has 0 heterocycles. The first-order valence-corrected chi connectivity index (χ1v) is 7.15. The number of rotatable bonds is 5. The monoisotopic (exact) mass is 294 g/mol. The van der Waals surface area contributed by atoms with Crippen LogP contribution in [0.1, 0.15) is 38.3 Å². The van der Waals surface area contributed by atoms with Gasteiger partial charge in [0.05, 0.1) is 11.3 Å². The van der Waals surface area contributed by atoms with E-state index in [0.717, 1.165) is 35.1 Å². The third kappa shape index (κ3) is 3.23. The molecule has 92 valence electrons. The van der Waals surface area contributed by atoms with Crippen LogP contribution in [0, 0.1) is 11.3 Å². The molecule has 17 heavy (non-hydrogen) atoms. The maximum atomic E-state index is 9.25. The number of anilines is 1. The minimum Gasteiger partial charge on any atom is -0.368 e. The van der Waals surface area contributed by atoms with Crippen molar-refractivity contribution in [1.82, 2.24) is 0 Å². The molecule has 0 saturated carbocycles. The number of nitrogens with zero attached hydrogens (tertiary/aromatic N) is 2. The summed E-state index contributed by atoms with van der Waals surface area (Å²) in [6.07, 6.45) is 1.08. The van der Waals surface area contributed by atoms with Gasteiger partial charge in [0.2, 0.25) is 0 Å². The van der Waals surface area contributed by atoms with Crippen LogP contribution in [-0.4, -0.2) is 12.6 Å². The van der Waals surface area contributed by atoms with Gasteiger partial charge in [0.15, 0.2) is 0 Å².